The first-order valence-electron chi connectivity index (χ1n) is 7.37. The Kier molecular flexibility index (Phi) is 4.67. The zero-order valence-corrected chi connectivity index (χ0v) is 12.6. The van der Waals surface area contributed by atoms with Gasteiger partial charge >= 0.3 is 0 Å². The summed E-state index contributed by atoms with van der Waals surface area (Å²) in [4.78, 5) is 28.8. The maximum absolute atomic E-state index is 12.6. The van der Waals surface area contributed by atoms with E-state index in [1.807, 2.05) is 6.92 Å². The summed E-state index contributed by atoms with van der Waals surface area (Å²) >= 11 is 0. The molecular weight excluding hydrogens is 270 g/mol. The van der Waals surface area contributed by atoms with Gasteiger partial charge in [0.2, 0.25) is 5.91 Å². The summed E-state index contributed by atoms with van der Waals surface area (Å²) in [5, 5.41) is 13.1. The number of aliphatic hydroxyl groups is 1. The molecule has 0 radical (unpaired) electrons. The number of hydrogen-bond acceptors (Lipinski definition) is 3. The van der Waals surface area contributed by atoms with Gasteiger partial charge in [0.25, 0.3) is 5.91 Å². The van der Waals surface area contributed by atoms with E-state index in [0.29, 0.717) is 24.9 Å². The average Bonchev–Trinajstić information content (AvgIpc) is 2.94. The van der Waals surface area contributed by atoms with Gasteiger partial charge in [-0.15, -0.1) is 0 Å². The number of aromatic amines is 1. The summed E-state index contributed by atoms with van der Waals surface area (Å²) in [5.74, 6) is -0.286. The fourth-order valence-electron chi connectivity index (χ4n) is 2.88. The predicted octanol–water partition coefficient (Wildman–Crippen LogP) is 0.680. The van der Waals surface area contributed by atoms with Crippen LogP contribution >= 0.6 is 0 Å². The molecule has 3 N–H and O–H groups in total. The van der Waals surface area contributed by atoms with Crippen LogP contribution in [-0.2, 0) is 11.2 Å². The second kappa shape index (κ2) is 6.30. The van der Waals surface area contributed by atoms with E-state index in [1.54, 1.807) is 24.2 Å². The van der Waals surface area contributed by atoms with E-state index in [-0.39, 0.29) is 24.8 Å². The molecule has 2 rings (SSSR count). The highest BCUT2D eigenvalue weighted by Crippen LogP contribution is 2.26. The van der Waals surface area contributed by atoms with Gasteiger partial charge in [-0.05, 0) is 25.3 Å². The van der Waals surface area contributed by atoms with E-state index in [4.69, 9.17) is 0 Å². The van der Waals surface area contributed by atoms with Crippen molar-refractivity contribution in [3.8, 4) is 0 Å². The summed E-state index contributed by atoms with van der Waals surface area (Å²) in [5.41, 5.74) is 0.429. The molecule has 1 aliphatic rings. The number of hydrogen-bond donors (Lipinski definition) is 3. The van der Waals surface area contributed by atoms with Gasteiger partial charge < -0.3 is 20.3 Å². The van der Waals surface area contributed by atoms with Crippen LogP contribution in [0.1, 0.15) is 42.2 Å². The molecule has 0 bridgehead atoms. The van der Waals surface area contributed by atoms with Crippen LogP contribution in [-0.4, -0.2) is 52.5 Å². The van der Waals surface area contributed by atoms with Crippen LogP contribution in [0.3, 0.4) is 0 Å². The van der Waals surface area contributed by atoms with Crippen LogP contribution in [0.15, 0.2) is 12.3 Å². The molecule has 1 aromatic heterocycles. The van der Waals surface area contributed by atoms with Crippen molar-refractivity contribution in [1.82, 2.24) is 15.2 Å². The Bertz CT molecular complexity index is 526. The van der Waals surface area contributed by atoms with E-state index in [2.05, 4.69) is 10.3 Å². The van der Waals surface area contributed by atoms with Crippen molar-refractivity contribution in [3.63, 3.8) is 0 Å². The highest BCUT2D eigenvalue weighted by Gasteiger charge is 2.37. The average molecular weight is 293 g/mol. The number of piperidine rings is 1. The molecule has 1 aliphatic heterocycles. The lowest BCUT2D eigenvalue weighted by atomic mass is 9.89. The van der Waals surface area contributed by atoms with Crippen LogP contribution in [0, 0.1) is 0 Å². The van der Waals surface area contributed by atoms with Crippen LogP contribution in [0.25, 0.3) is 0 Å². The molecule has 1 aromatic rings. The zero-order valence-electron chi connectivity index (χ0n) is 12.6. The molecule has 2 amide bonds. The molecule has 0 saturated carbocycles. The molecule has 1 unspecified atom stereocenters. The summed E-state index contributed by atoms with van der Waals surface area (Å²) in [6, 6.07) is 1.77. The highest BCUT2D eigenvalue weighted by molar-refractivity contribution is 5.95. The van der Waals surface area contributed by atoms with Crippen molar-refractivity contribution in [2.75, 3.05) is 20.1 Å². The number of H-pyrrole nitrogens is 1. The van der Waals surface area contributed by atoms with Crippen LogP contribution < -0.4 is 5.32 Å². The number of nitrogens with one attached hydrogen (secondary N) is 2. The maximum Gasteiger partial charge on any atom is 0.255 e. The minimum Gasteiger partial charge on any atom is -0.388 e. The third kappa shape index (κ3) is 3.44. The number of likely N-dealkylation sites (tertiary alicyclic amines) is 1. The molecule has 0 aliphatic carbocycles. The lowest BCUT2D eigenvalue weighted by Gasteiger charge is -2.38. The van der Waals surface area contributed by atoms with Crippen molar-refractivity contribution in [3.05, 3.63) is 23.5 Å². The number of rotatable bonds is 4. The standard InChI is InChI=1S/C15H23N3O3/c1-3-12-11(5-7-17-12)14(20)18-8-4-6-15(21,10-18)9-13(19)16-2/h5,7,17,21H,3-4,6,8-10H2,1-2H3,(H,16,19). The third-order valence-corrected chi connectivity index (χ3v) is 4.03. The quantitative estimate of drug-likeness (QED) is 0.763. The molecule has 0 spiro atoms. The number of nitrogens with zero attached hydrogens (tertiary/aromatic N) is 1. The molecular formula is C15H23N3O3. The number of carbonyl (C=O) groups excluding carboxylic acids is 2. The second-order valence-electron chi connectivity index (χ2n) is 5.63. The lowest BCUT2D eigenvalue weighted by molar-refractivity contribution is -0.127. The summed E-state index contributed by atoms with van der Waals surface area (Å²) in [6.45, 7) is 2.80. The topological polar surface area (TPSA) is 85.4 Å². The summed E-state index contributed by atoms with van der Waals surface area (Å²) in [7, 11) is 1.55. The molecule has 21 heavy (non-hydrogen) atoms. The molecule has 2 heterocycles. The fraction of sp³-hybridized carbons (Fsp3) is 0.600. The summed E-state index contributed by atoms with van der Waals surface area (Å²) < 4.78 is 0. The van der Waals surface area contributed by atoms with Crippen molar-refractivity contribution in [1.29, 1.82) is 0 Å². The van der Waals surface area contributed by atoms with Crippen molar-refractivity contribution in [2.45, 2.75) is 38.2 Å². The second-order valence-corrected chi connectivity index (χ2v) is 5.63. The molecule has 1 atom stereocenters. The van der Waals surface area contributed by atoms with Gasteiger partial charge in [0.1, 0.15) is 0 Å². The van der Waals surface area contributed by atoms with Gasteiger partial charge in [-0.1, -0.05) is 6.92 Å². The number of amides is 2. The van der Waals surface area contributed by atoms with Gasteiger partial charge in [0, 0.05) is 25.5 Å². The van der Waals surface area contributed by atoms with Crippen LogP contribution in [0.4, 0.5) is 0 Å². The molecule has 1 fully saturated rings. The SMILES string of the molecule is CCc1[nH]ccc1C(=O)N1CCCC(O)(CC(=O)NC)C1. The minimum absolute atomic E-state index is 0.0288. The summed E-state index contributed by atoms with van der Waals surface area (Å²) in [6.07, 6.45) is 3.78. The predicted molar refractivity (Wildman–Crippen MR) is 78.9 cm³/mol. The first-order chi connectivity index (χ1) is 9.99. The Balaban J connectivity index is 2.10. The first kappa shape index (κ1) is 15.6. The van der Waals surface area contributed by atoms with Gasteiger partial charge in [-0.2, -0.15) is 0 Å². The Morgan fingerprint density at radius 3 is 2.95 bits per heavy atom. The highest BCUT2D eigenvalue weighted by atomic mass is 16.3. The van der Waals surface area contributed by atoms with Crippen molar-refractivity contribution < 1.29 is 14.7 Å². The number of carbonyl (C=O) groups is 2. The number of β-amino-alcohol motifs (C(OH)–C–C–N with tert-alkyl or cyclic N) is 1. The molecule has 0 aromatic carbocycles. The minimum atomic E-state index is -1.13. The molecule has 116 valence electrons. The maximum atomic E-state index is 12.6. The molecule has 6 nitrogen and oxygen atoms in total. The van der Waals surface area contributed by atoms with Gasteiger partial charge in [-0.25, -0.2) is 0 Å². The Morgan fingerprint density at radius 2 is 2.29 bits per heavy atom. The third-order valence-electron chi connectivity index (χ3n) is 4.03. The zero-order chi connectivity index (χ0) is 15.5. The fourth-order valence-corrected chi connectivity index (χ4v) is 2.88. The van der Waals surface area contributed by atoms with Crippen LogP contribution in [0.5, 0.6) is 0 Å². The number of aryl methyl sites for hydroxylation is 1. The Hall–Kier alpha value is -1.82. The van der Waals surface area contributed by atoms with E-state index < -0.39 is 5.60 Å². The van der Waals surface area contributed by atoms with E-state index in [0.717, 1.165) is 12.1 Å². The van der Waals surface area contributed by atoms with E-state index in [1.165, 1.54) is 0 Å². The van der Waals surface area contributed by atoms with Crippen molar-refractivity contribution in [2.24, 2.45) is 0 Å². The van der Waals surface area contributed by atoms with E-state index in [9.17, 15) is 14.7 Å². The van der Waals surface area contributed by atoms with Crippen LogP contribution in [0.2, 0.25) is 0 Å². The Morgan fingerprint density at radius 1 is 1.52 bits per heavy atom. The molecule has 6 heteroatoms. The van der Waals surface area contributed by atoms with Gasteiger partial charge in [-0.3, -0.25) is 9.59 Å². The van der Waals surface area contributed by atoms with E-state index >= 15 is 0 Å². The lowest BCUT2D eigenvalue weighted by Crippen LogP contribution is -2.52. The normalized spacial score (nSPS) is 22.1. The molecule has 1 saturated heterocycles. The Labute approximate surface area is 124 Å². The first-order valence-corrected chi connectivity index (χ1v) is 7.37. The monoisotopic (exact) mass is 293 g/mol. The largest absolute Gasteiger partial charge is 0.388 e. The smallest absolute Gasteiger partial charge is 0.255 e. The van der Waals surface area contributed by atoms with Crippen molar-refractivity contribution >= 4 is 11.8 Å². The van der Waals surface area contributed by atoms with Gasteiger partial charge in [0.05, 0.1) is 24.1 Å². The van der Waals surface area contributed by atoms with Gasteiger partial charge in [0.15, 0.2) is 0 Å². The number of aromatic nitrogens is 1.